The summed E-state index contributed by atoms with van der Waals surface area (Å²) in [6, 6.07) is 0.0622. The molecule has 0 radical (unpaired) electrons. The Morgan fingerprint density at radius 1 is 1.32 bits per heavy atom. The van der Waals surface area contributed by atoms with Gasteiger partial charge in [-0.15, -0.1) is 12.4 Å². The predicted molar refractivity (Wildman–Crippen MR) is 80.7 cm³/mol. The molecule has 0 bridgehead atoms. The van der Waals surface area contributed by atoms with Gasteiger partial charge < -0.3 is 15.5 Å². The quantitative estimate of drug-likeness (QED) is 0.804. The fraction of sp³-hybridized carbons (Fsp3) is 0.929. The highest BCUT2D eigenvalue weighted by atomic mass is 35.5. The van der Waals surface area contributed by atoms with Crippen molar-refractivity contribution in [3.8, 4) is 0 Å². The van der Waals surface area contributed by atoms with Crippen LogP contribution in [0.25, 0.3) is 0 Å². The van der Waals surface area contributed by atoms with Gasteiger partial charge in [0.05, 0.1) is 6.04 Å². The number of amides is 1. The number of nitrogens with zero attached hydrogens (tertiary/aromatic N) is 1. The van der Waals surface area contributed by atoms with Crippen molar-refractivity contribution in [3.05, 3.63) is 0 Å². The lowest BCUT2D eigenvalue weighted by Gasteiger charge is -2.29. The number of likely N-dealkylation sites (tertiary alicyclic amines) is 1. The van der Waals surface area contributed by atoms with Crippen molar-refractivity contribution in [1.29, 1.82) is 0 Å². The molecule has 2 N–H and O–H groups in total. The van der Waals surface area contributed by atoms with Crippen LogP contribution < -0.4 is 10.6 Å². The summed E-state index contributed by atoms with van der Waals surface area (Å²) in [6.45, 7) is 7.63. The van der Waals surface area contributed by atoms with Gasteiger partial charge in [-0.3, -0.25) is 4.79 Å². The molecule has 2 fully saturated rings. The van der Waals surface area contributed by atoms with Crippen LogP contribution >= 0.6 is 12.4 Å². The smallest absolute Gasteiger partial charge is 0.237 e. The Balaban J connectivity index is 0.00000180. The third-order valence-corrected chi connectivity index (χ3v) is 4.02. The average molecular weight is 290 g/mol. The topological polar surface area (TPSA) is 44.4 Å². The second-order valence-electron chi connectivity index (χ2n) is 5.86. The van der Waals surface area contributed by atoms with E-state index in [-0.39, 0.29) is 24.4 Å². The van der Waals surface area contributed by atoms with E-state index in [0.29, 0.717) is 5.92 Å². The van der Waals surface area contributed by atoms with Crippen LogP contribution in [0.5, 0.6) is 0 Å². The number of carbonyl (C=O) groups excluding carboxylic acids is 1. The molecule has 0 aromatic rings. The molecule has 0 spiro atoms. The van der Waals surface area contributed by atoms with Crippen LogP contribution in [0.3, 0.4) is 0 Å². The summed E-state index contributed by atoms with van der Waals surface area (Å²) < 4.78 is 0. The Labute approximate surface area is 123 Å². The van der Waals surface area contributed by atoms with Gasteiger partial charge in [0, 0.05) is 13.1 Å². The second kappa shape index (κ2) is 8.77. The molecule has 112 valence electrons. The zero-order chi connectivity index (χ0) is 12.8. The standard InChI is InChI=1S/C14H27N3O.ClH/c1-12(11-17-8-3-2-4-9-17)10-16-14(18)13-6-5-7-15-13;/h12-13,15H,2-11H2,1H3,(H,16,18);1H. The van der Waals surface area contributed by atoms with E-state index in [0.717, 1.165) is 32.5 Å². The van der Waals surface area contributed by atoms with Crippen molar-refractivity contribution in [2.24, 2.45) is 5.92 Å². The van der Waals surface area contributed by atoms with Crippen LogP contribution in [0.4, 0.5) is 0 Å². The number of carbonyl (C=O) groups is 1. The van der Waals surface area contributed by atoms with Crippen molar-refractivity contribution in [2.75, 3.05) is 32.7 Å². The summed E-state index contributed by atoms with van der Waals surface area (Å²) in [7, 11) is 0. The van der Waals surface area contributed by atoms with Gasteiger partial charge in [-0.1, -0.05) is 13.3 Å². The predicted octanol–water partition coefficient (Wildman–Crippen LogP) is 1.40. The van der Waals surface area contributed by atoms with Crippen molar-refractivity contribution < 1.29 is 4.79 Å². The summed E-state index contributed by atoms with van der Waals surface area (Å²) in [5.41, 5.74) is 0. The molecule has 0 aliphatic carbocycles. The lowest BCUT2D eigenvalue weighted by Crippen LogP contribution is -2.43. The molecule has 2 unspecified atom stereocenters. The molecule has 2 heterocycles. The SMILES string of the molecule is CC(CNC(=O)C1CCCN1)CN1CCCCC1.Cl. The summed E-state index contributed by atoms with van der Waals surface area (Å²) in [5, 5.41) is 6.32. The van der Waals surface area contributed by atoms with Gasteiger partial charge in [-0.25, -0.2) is 0 Å². The fourth-order valence-electron chi connectivity index (χ4n) is 2.95. The van der Waals surface area contributed by atoms with Gasteiger partial charge in [0.15, 0.2) is 0 Å². The summed E-state index contributed by atoms with van der Waals surface area (Å²) >= 11 is 0. The maximum atomic E-state index is 11.9. The summed E-state index contributed by atoms with van der Waals surface area (Å²) in [6.07, 6.45) is 6.18. The van der Waals surface area contributed by atoms with Crippen molar-refractivity contribution >= 4 is 18.3 Å². The number of halogens is 1. The highest BCUT2D eigenvalue weighted by Gasteiger charge is 2.22. The van der Waals surface area contributed by atoms with E-state index in [4.69, 9.17) is 0 Å². The highest BCUT2D eigenvalue weighted by molar-refractivity contribution is 5.85. The van der Waals surface area contributed by atoms with Crippen LogP contribution in [-0.4, -0.2) is 49.6 Å². The summed E-state index contributed by atoms with van der Waals surface area (Å²) in [4.78, 5) is 14.4. The maximum absolute atomic E-state index is 11.9. The first-order valence-corrected chi connectivity index (χ1v) is 7.49. The number of hydrogen-bond donors (Lipinski definition) is 2. The van der Waals surface area contributed by atoms with E-state index >= 15 is 0 Å². The lowest BCUT2D eigenvalue weighted by molar-refractivity contribution is -0.122. The van der Waals surface area contributed by atoms with Crippen molar-refractivity contribution in [3.63, 3.8) is 0 Å². The molecule has 2 rings (SSSR count). The van der Waals surface area contributed by atoms with Crippen LogP contribution in [0, 0.1) is 5.92 Å². The molecular weight excluding hydrogens is 262 g/mol. The van der Waals surface area contributed by atoms with Gasteiger partial charge in [-0.2, -0.15) is 0 Å². The third-order valence-electron chi connectivity index (χ3n) is 4.02. The van der Waals surface area contributed by atoms with Gasteiger partial charge in [0.1, 0.15) is 0 Å². The van der Waals surface area contributed by atoms with E-state index in [2.05, 4.69) is 22.5 Å². The second-order valence-corrected chi connectivity index (χ2v) is 5.86. The highest BCUT2D eigenvalue weighted by Crippen LogP contribution is 2.11. The largest absolute Gasteiger partial charge is 0.354 e. The third kappa shape index (κ3) is 5.67. The first kappa shape index (κ1) is 16.7. The molecule has 2 atom stereocenters. The molecule has 1 amide bonds. The van der Waals surface area contributed by atoms with Crippen LogP contribution in [0.2, 0.25) is 0 Å². The van der Waals surface area contributed by atoms with E-state index in [1.54, 1.807) is 0 Å². The number of piperidine rings is 1. The molecule has 2 aliphatic heterocycles. The Bertz CT molecular complexity index is 263. The van der Waals surface area contributed by atoms with Gasteiger partial charge in [0.2, 0.25) is 5.91 Å². The monoisotopic (exact) mass is 289 g/mol. The Hall–Kier alpha value is -0.320. The van der Waals surface area contributed by atoms with E-state index < -0.39 is 0 Å². The van der Waals surface area contributed by atoms with Crippen LogP contribution in [-0.2, 0) is 4.79 Å². The first-order chi connectivity index (χ1) is 8.75. The molecular formula is C14H28ClN3O. The minimum Gasteiger partial charge on any atom is -0.354 e. The molecule has 4 nitrogen and oxygen atoms in total. The molecule has 5 heteroatoms. The number of hydrogen-bond acceptors (Lipinski definition) is 3. The Morgan fingerprint density at radius 2 is 2.05 bits per heavy atom. The molecule has 19 heavy (non-hydrogen) atoms. The minimum absolute atomic E-state index is 0. The Kier molecular flexibility index (Phi) is 7.73. The molecule has 2 aliphatic rings. The molecule has 0 aromatic heterocycles. The number of nitrogens with one attached hydrogen (secondary N) is 2. The van der Waals surface area contributed by atoms with Crippen LogP contribution in [0.15, 0.2) is 0 Å². The molecule has 0 aromatic carbocycles. The minimum atomic E-state index is 0. The van der Waals surface area contributed by atoms with Crippen molar-refractivity contribution in [2.45, 2.75) is 45.1 Å². The van der Waals surface area contributed by atoms with Crippen molar-refractivity contribution in [1.82, 2.24) is 15.5 Å². The lowest BCUT2D eigenvalue weighted by atomic mass is 10.1. The first-order valence-electron chi connectivity index (χ1n) is 7.49. The van der Waals surface area contributed by atoms with E-state index in [1.807, 2.05) is 0 Å². The molecule has 2 saturated heterocycles. The van der Waals surface area contributed by atoms with E-state index in [1.165, 1.54) is 32.4 Å². The molecule has 0 saturated carbocycles. The number of rotatable bonds is 5. The zero-order valence-electron chi connectivity index (χ0n) is 12.0. The van der Waals surface area contributed by atoms with Gasteiger partial charge in [-0.05, 0) is 51.2 Å². The average Bonchev–Trinajstić information content (AvgIpc) is 2.91. The maximum Gasteiger partial charge on any atom is 0.237 e. The Morgan fingerprint density at radius 3 is 2.68 bits per heavy atom. The van der Waals surface area contributed by atoms with E-state index in [9.17, 15) is 4.79 Å². The zero-order valence-corrected chi connectivity index (χ0v) is 12.8. The normalized spacial score (nSPS) is 25.6. The fourth-order valence-corrected chi connectivity index (χ4v) is 2.95. The van der Waals surface area contributed by atoms with Crippen LogP contribution in [0.1, 0.15) is 39.0 Å². The van der Waals surface area contributed by atoms with Gasteiger partial charge in [0.25, 0.3) is 0 Å². The summed E-state index contributed by atoms with van der Waals surface area (Å²) in [5.74, 6) is 0.742. The van der Waals surface area contributed by atoms with Gasteiger partial charge >= 0.3 is 0 Å².